The first-order valence-electron chi connectivity index (χ1n) is 11.6. The fraction of sp³-hybridized carbons (Fsp3) is 0.172. The zero-order valence-electron chi connectivity index (χ0n) is 20.3. The van der Waals surface area contributed by atoms with E-state index < -0.39 is 6.04 Å². The first-order chi connectivity index (χ1) is 17.9. The van der Waals surface area contributed by atoms with Crippen LogP contribution in [0.5, 0.6) is 17.2 Å². The minimum absolute atomic E-state index is 0.0456. The fourth-order valence-electron chi connectivity index (χ4n) is 4.55. The Morgan fingerprint density at radius 2 is 1.78 bits per heavy atom. The predicted molar refractivity (Wildman–Crippen MR) is 144 cm³/mol. The minimum Gasteiger partial charge on any atom is -0.497 e. The first kappa shape index (κ1) is 24.6. The summed E-state index contributed by atoms with van der Waals surface area (Å²) in [5.41, 5.74) is 1.98. The lowest BCUT2D eigenvalue weighted by atomic mass is 9.97. The van der Waals surface area contributed by atoms with Crippen molar-refractivity contribution in [3.63, 3.8) is 0 Å². The normalized spacial score (nSPS) is 14.5. The summed E-state index contributed by atoms with van der Waals surface area (Å²) in [4.78, 5) is 29.2. The molecule has 1 atom stereocenters. The van der Waals surface area contributed by atoms with Crippen LogP contribution >= 0.6 is 15.9 Å². The average Bonchev–Trinajstić information content (AvgIpc) is 3.19. The van der Waals surface area contributed by atoms with Gasteiger partial charge in [-0.25, -0.2) is 0 Å². The minimum atomic E-state index is -0.688. The van der Waals surface area contributed by atoms with Crippen LogP contribution in [0.2, 0.25) is 0 Å². The molecule has 0 saturated carbocycles. The van der Waals surface area contributed by atoms with Gasteiger partial charge in [0.1, 0.15) is 17.9 Å². The van der Waals surface area contributed by atoms with E-state index in [1.54, 1.807) is 55.5 Å². The number of hydrogen-bond donors (Lipinski definition) is 0. The molecule has 2 heterocycles. The summed E-state index contributed by atoms with van der Waals surface area (Å²) in [5.74, 6) is 1.42. The zero-order valence-corrected chi connectivity index (χ0v) is 21.9. The average molecular weight is 562 g/mol. The number of amides is 1. The van der Waals surface area contributed by atoms with E-state index in [0.29, 0.717) is 46.0 Å². The third-order valence-electron chi connectivity index (χ3n) is 6.30. The van der Waals surface area contributed by atoms with Crippen molar-refractivity contribution in [2.45, 2.75) is 12.6 Å². The van der Waals surface area contributed by atoms with E-state index in [9.17, 15) is 9.59 Å². The van der Waals surface area contributed by atoms with Crippen LogP contribution in [0.3, 0.4) is 0 Å². The van der Waals surface area contributed by atoms with Crippen LogP contribution < -0.4 is 19.6 Å². The van der Waals surface area contributed by atoms with E-state index in [-0.39, 0.29) is 23.6 Å². The molecule has 0 aliphatic carbocycles. The van der Waals surface area contributed by atoms with E-state index >= 15 is 0 Å². The molecule has 0 radical (unpaired) electrons. The predicted octanol–water partition coefficient (Wildman–Crippen LogP) is 5.88. The number of hydrogen-bond acceptors (Lipinski definition) is 6. The Bertz CT molecular complexity index is 1560. The van der Waals surface area contributed by atoms with Crippen LogP contribution in [0.15, 0.2) is 87.0 Å². The summed E-state index contributed by atoms with van der Waals surface area (Å²) in [6.45, 7) is 4.25. The highest BCUT2D eigenvalue weighted by molar-refractivity contribution is 9.10. The van der Waals surface area contributed by atoms with Crippen LogP contribution in [0, 0.1) is 0 Å². The highest BCUT2D eigenvalue weighted by Crippen LogP contribution is 2.42. The van der Waals surface area contributed by atoms with Gasteiger partial charge in [-0.2, -0.15) is 0 Å². The number of ether oxygens (including phenoxy) is 3. The number of carbonyl (C=O) groups is 1. The highest BCUT2D eigenvalue weighted by Gasteiger charge is 2.43. The summed E-state index contributed by atoms with van der Waals surface area (Å²) in [7, 11) is 3.14. The van der Waals surface area contributed by atoms with Crippen LogP contribution in [0.1, 0.15) is 33.3 Å². The van der Waals surface area contributed by atoms with E-state index in [1.165, 1.54) is 0 Å². The third kappa shape index (κ3) is 4.49. The van der Waals surface area contributed by atoms with Gasteiger partial charge in [0.15, 0.2) is 16.9 Å². The number of methoxy groups -OCH3 is 2. The van der Waals surface area contributed by atoms with Crippen molar-refractivity contribution in [2.75, 3.05) is 20.8 Å². The molecule has 1 aliphatic heterocycles. The highest BCUT2D eigenvalue weighted by atomic mass is 79.9. The van der Waals surface area contributed by atoms with Crippen molar-refractivity contribution in [3.8, 4) is 17.2 Å². The number of rotatable bonds is 8. The quantitative estimate of drug-likeness (QED) is 0.250. The van der Waals surface area contributed by atoms with E-state index in [0.717, 1.165) is 10.0 Å². The molecule has 0 bridgehead atoms. The number of fused-ring (bicyclic) bond motifs is 2. The van der Waals surface area contributed by atoms with E-state index in [4.69, 9.17) is 18.6 Å². The lowest BCUT2D eigenvalue weighted by Crippen LogP contribution is -2.29. The first-order valence-corrected chi connectivity index (χ1v) is 12.4. The second kappa shape index (κ2) is 10.1. The number of carbonyl (C=O) groups excluding carboxylic acids is 1. The molecule has 1 unspecified atom stereocenters. The fourth-order valence-corrected chi connectivity index (χ4v) is 4.91. The molecule has 7 nitrogen and oxygen atoms in total. The van der Waals surface area contributed by atoms with Gasteiger partial charge in [0.2, 0.25) is 5.76 Å². The molecule has 1 aromatic heterocycles. The van der Waals surface area contributed by atoms with Gasteiger partial charge in [0.05, 0.1) is 31.2 Å². The Morgan fingerprint density at radius 1 is 1.00 bits per heavy atom. The molecule has 4 aromatic rings. The SMILES string of the molecule is C=CCOc1ccc(C2c3c(oc4ccc(Br)cc4c3=O)C(=O)N2Cc2ccc(OC)cc2)cc1OC. The Labute approximate surface area is 222 Å². The lowest BCUT2D eigenvalue weighted by molar-refractivity contribution is 0.0714. The van der Waals surface area contributed by atoms with Gasteiger partial charge < -0.3 is 23.5 Å². The van der Waals surface area contributed by atoms with Gasteiger partial charge in [-0.15, -0.1) is 0 Å². The summed E-state index contributed by atoms with van der Waals surface area (Å²) in [6.07, 6.45) is 1.64. The molecule has 0 spiro atoms. The summed E-state index contributed by atoms with van der Waals surface area (Å²) in [6, 6.07) is 17.3. The Balaban J connectivity index is 1.67. The maximum atomic E-state index is 13.8. The zero-order chi connectivity index (χ0) is 26.1. The molecule has 1 amide bonds. The second-order valence-corrected chi connectivity index (χ2v) is 9.42. The maximum Gasteiger partial charge on any atom is 0.291 e. The molecule has 0 saturated heterocycles. The molecule has 0 N–H and O–H groups in total. The van der Waals surface area contributed by atoms with Crippen molar-refractivity contribution in [2.24, 2.45) is 0 Å². The van der Waals surface area contributed by atoms with Crippen molar-refractivity contribution < 1.29 is 23.4 Å². The Hall–Kier alpha value is -4.04. The van der Waals surface area contributed by atoms with Crippen LogP contribution in [-0.4, -0.2) is 31.6 Å². The molecule has 188 valence electrons. The van der Waals surface area contributed by atoms with Crippen LogP contribution in [0.4, 0.5) is 0 Å². The van der Waals surface area contributed by atoms with Gasteiger partial charge in [-0.1, -0.05) is 46.8 Å². The number of halogens is 1. The monoisotopic (exact) mass is 561 g/mol. The lowest BCUT2D eigenvalue weighted by Gasteiger charge is -2.26. The molecular formula is C29H24BrNO6. The maximum absolute atomic E-state index is 13.8. The number of nitrogens with zero attached hydrogens (tertiary/aromatic N) is 1. The van der Waals surface area contributed by atoms with Gasteiger partial charge in [0, 0.05) is 11.0 Å². The molecule has 37 heavy (non-hydrogen) atoms. The second-order valence-electron chi connectivity index (χ2n) is 8.51. The van der Waals surface area contributed by atoms with Gasteiger partial charge in [-0.05, 0) is 53.6 Å². The summed E-state index contributed by atoms with van der Waals surface area (Å²) >= 11 is 3.43. The largest absolute Gasteiger partial charge is 0.497 e. The Morgan fingerprint density at radius 3 is 2.49 bits per heavy atom. The molecule has 5 rings (SSSR count). The van der Waals surface area contributed by atoms with Crippen LogP contribution in [0.25, 0.3) is 11.0 Å². The van der Waals surface area contributed by atoms with Crippen molar-refractivity contribution in [3.05, 3.63) is 110 Å². The van der Waals surface area contributed by atoms with Gasteiger partial charge in [-0.3, -0.25) is 9.59 Å². The Kier molecular flexibility index (Phi) is 6.76. The summed E-state index contributed by atoms with van der Waals surface area (Å²) < 4.78 is 23.3. The van der Waals surface area contributed by atoms with Crippen molar-refractivity contribution in [1.82, 2.24) is 4.90 Å². The van der Waals surface area contributed by atoms with Crippen molar-refractivity contribution >= 4 is 32.8 Å². The van der Waals surface area contributed by atoms with E-state index in [1.807, 2.05) is 30.3 Å². The molecular weight excluding hydrogens is 538 g/mol. The van der Waals surface area contributed by atoms with E-state index in [2.05, 4.69) is 22.5 Å². The molecule has 0 fully saturated rings. The smallest absolute Gasteiger partial charge is 0.291 e. The number of benzene rings is 3. The van der Waals surface area contributed by atoms with Crippen molar-refractivity contribution in [1.29, 1.82) is 0 Å². The molecule has 1 aliphatic rings. The summed E-state index contributed by atoms with van der Waals surface area (Å²) in [5, 5.41) is 0.398. The third-order valence-corrected chi connectivity index (χ3v) is 6.79. The van der Waals surface area contributed by atoms with Gasteiger partial charge in [0.25, 0.3) is 5.91 Å². The van der Waals surface area contributed by atoms with Gasteiger partial charge >= 0.3 is 0 Å². The van der Waals surface area contributed by atoms with Crippen LogP contribution in [-0.2, 0) is 6.54 Å². The standard InChI is InChI=1S/C29H24BrNO6/c1-4-13-36-23-11-7-18(14-24(23)35-3)26-25-27(32)21-15-19(30)8-12-22(21)37-28(25)29(33)31(26)16-17-5-9-20(34-2)10-6-17/h4-12,14-15,26H,1,13,16H2,2-3H3. The molecule has 3 aromatic carbocycles. The molecule has 8 heteroatoms. The topological polar surface area (TPSA) is 78.2 Å².